The minimum absolute atomic E-state index is 0.0934. The van der Waals surface area contributed by atoms with Gasteiger partial charge in [-0.1, -0.05) is 12.8 Å². The number of ether oxygens (including phenoxy) is 1. The molecule has 0 unspecified atom stereocenters. The molecular weight excluding hydrogens is 209 g/mol. The Balaban J connectivity index is 2.07. The Kier molecular flexibility index (Phi) is 4.57. The summed E-state index contributed by atoms with van der Waals surface area (Å²) in [5, 5.41) is 0. The highest BCUT2D eigenvalue weighted by atomic mass is 19.4. The average Bonchev–Trinajstić information content (AvgIpc) is 2.63. The van der Waals surface area contributed by atoms with E-state index >= 15 is 0 Å². The van der Waals surface area contributed by atoms with E-state index in [1.54, 1.807) is 0 Å². The summed E-state index contributed by atoms with van der Waals surface area (Å²) in [6, 6.07) is 0. The van der Waals surface area contributed by atoms with Crippen LogP contribution in [0.3, 0.4) is 0 Å². The number of hydrogen-bond acceptors (Lipinski definition) is 2. The number of carbonyl (C=O) groups excluding carboxylic acids is 1. The fraction of sp³-hybridized carbons (Fsp3) is 0.900. The van der Waals surface area contributed by atoms with Crippen molar-refractivity contribution in [1.29, 1.82) is 0 Å². The van der Waals surface area contributed by atoms with E-state index in [-0.39, 0.29) is 24.5 Å². The third-order valence-corrected chi connectivity index (χ3v) is 2.64. The smallest absolute Gasteiger partial charge is 0.299 e. The van der Waals surface area contributed by atoms with Gasteiger partial charge < -0.3 is 0 Å². The standard InChI is InChI=1S/C10H15F3O2/c11-10(12,13)15-7-3-6-9(14)8-4-1-2-5-8/h8H,1-7H2. The summed E-state index contributed by atoms with van der Waals surface area (Å²) < 4.78 is 38.3. The third kappa shape index (κ3) is 5.16. The lowest BCUT2D eigenvalue weighted by molar-refractivity contribution is -0.324. The molecule has 2 nitrogen and oxygen atoms in total. The normalized spacial score (nSPS) is 18.3. The molecule has 0 N–H and O–H groups in total. The second-order valence-electron chi connectivity index (χ2n) is 3.85. The summed E-state index contributed by atoms with van der Waals surface area (Å²) in [4.78, 5) is 11.4. The Labute approximate surface area is 86.8 Å². The maximum Gasteiger partial charge on any atom is 0.522 e. The molecule has 0 heterocycles. The molecule has 0 radical (unpaired) electrons. The first-order valence-corrected chi connectivity index (χ1v) is 5.22. The Morgan fingerprint density at radius 2 is 1.87 bits per heavy atom. The van der Waals surface area contributed by atoms with Crippen molar-refractivity contribution in [3.05, 3.63) is 0 Å². The van der Waals surface area contributed by atoms with Crippen molar-refractivity contribution in [1.82, 2.24) is 0 Å². The predicted octanol–water partition coefficient (Wildman–Crippen LogP) is 3.06. The van der Waals surface area contributed by atoms with Crippen LogP contribution in [0, 0.1) is 5.92 Å². The second kappa shape index (κ2) is 5.49. The molecule has 88 valence electrons. The molecule has 0 aromatic rings. The van der Waals surface area contributed by atoms with Crippen LogP contribution < -0.4 is 0 Å². The highest BCUT2D eigenvalue weighted by molar-refractivity contribution is 5.81. The average molecular weight is 224 g/mol. The van der Waals surface area contributed by atoms with Crippen molar-refractivity contribution in [3.8, 4) is 0 Å². The van der Waals surface area contributed by atoms with E-state index in [2.05, 4.69) is 4.74 Å². The fourth-order valence-corrected chi connectivity index (χ4v) is 1.89. The van der Waals surface area contributed by atoms with Gasteiger partial charge in [-0.3, -0.25) is 9.53 Å². The molecule has 5 heteroatoms. The van der Waals surface area contributed by atoms with Gasteiger partial charge in [0.15, 0.2) is 0 Å². The van der Waals surface area contributed by atoms with Crippen molar-refractivity contribution in [2.45, 2.75) is 44.9 Å². The Morgan fingerprint density at radius 1 is 1.27 bits per heavy atom. The van der Waals surface area contributed by atoms with Gasteiger partial charge in [-0.25, -0.2) is 0 Å². The van der Waals surface area contributed by atoms with Crippen LogP contribution in [0.2, 0.25) is 0 Å². The minimum Gasteiger partial charge on any atom is -0.299 e. The first-order valence-electron chi connectivity index (χ1n) is 5.22. The van der Waals surface area contributed by atoms with Crippen LogP contribution in [0.4, 0.5) is 13.2 Å². The van der Waals surface area contributed by atoms with Gasteiger partial charge in [0, 0.05) is 12.3 Å². The third-order valence-electron chi connectivity index (χ3n) is 2.64. The molecule has 0 bridgehead atoms. The Bertz CT molecular complexity index is 207. The van der Waals surface area contributed by atoms with Crippen molar-refractivity contribution in [3.63, 3.8) is 0 Å². The van der Waals surface area contributed by atoms with E-state index < -0.39 is 13.0 Å². The molecule has 0 saturated heterocycles. The van der Waals surface area contributed by atoms with Crippen molar-refractivity contribution in [2.75, 3.05) is 6.61 Å². The quantitative estimate of drug-likeness (QED) is 0.671. The molecule has 15 heavy (non-hydrogen) atoms. The summed E-state index contributed by atoms with van der Waals surface area (Å²) in [6.45, 7) is -0.415. The summed E-state index contributed by atoms with van der Waals surface area (Å²) in [5.74, 6) is 0.189. The highest BCUT2D eigenvalue weighted by Crippen LogP contribution is 2.26. The molecule has 0 spiro atoms. The zero-order valence-corrected chi connectivity index (χ0v) is 8.48. The molecule has 0 aromatic heterocycles. The first kappa shape index (κ1) is 12.5. The number of alkyl halides is 3. The second-order valence-corrected chi connectivity index (χ2v) is 3.85. The molecule has 1 aliphatic rings. The van der Waals surface area contributed by atoms with Gasteiger partial charge in [0.05, 0.1) is 6.61 Å². The highest BCUT2D eigenvalue weighted by Gasteiger charge is 2.29. The van der Waals surface area contributed by atoms with E-state index in [0.29, 0.717) is 0 Å². The number of ketones is 1. The van der Waals surface area contributed by atoms with Gasteiger partial charge in [0.2, 0.25) is 0 Å². The largest absolute Gasteiger partial charge is 0.522 e. The molecule has 0 atom stereocenters. The summed E-state index contributed by atoms with van der Waals surface area (Å²) in [5.41, 5.74) is 0. The molecular formula is C10H15F3O2. The summed E-state index contributed by atoms with van der Waals surface area (Å²) in [6.07, 6.45) is -0.269. The minimum atomic E-state index is -4.57. The van der Waals surface area contributed by atoms with E-state index in [4.69, 9.17) is 0 Å². The molecule has 0 aliphatic heterocycles. The van der Waals surface area contributed by atoms with Crippen molar-refractivity contribution < 1.29 is 22.7 Å². The van der Waals surface area contributed by atoms with Crippen molar-refractivity contribution >= 4 is 5.78 Å². The van der Waals surface area contributed by atoms with Gasteiger partial charge in [-0.2, -0.15) is 0 Å². The Hall–Kier alpha value is -0.580. The van der Waals surface area contributed by atoms with Crippen LogP contribution in [-0.4, -0.2) is 18.8 Å². The SMILES string of the molecule is O=C(CCCOC(F)(F)F)C1CCCC1. The molecule has 0 aromatic carbocycles. The van der Waals surface area contributed by atoms with Gasteiger partial charge in [-0.05, 0) is 19.3 Å². The van der Waals surface area contributed by atoms with Crippen LogP contribution in [-0.2, 0) is 9.53 Å². The zero-order chi connectivity index (χ0) is 11.3. The topological polar surface area (TPSA) is 26.3 Å². The monoisotopic (exact) mass is 224 g/mol. The van der Waals surface area contributed by atoms with E-state index in [0.717, 1.165) is 25.7 Å². The van der Waals surface area contributed by atoms with Crippen LogP contribution >= 0.6 is 0 Å². The number of carbonyl (C=O) groups is 1. The van der Waals surface area contributed by atoms with Gasteiger partial charge in [0.1, 0.15) is 5.78 Å². The lowest BCUT2D eigenvalue weighted by Crippen LogP contribution is -2.16. The summed E-state index contributed by atoms with van der Waals surface area (Å²) >= 11 is 0. The van der Waals surface area contributed by atoms with Crippen molar-refractivity contribution in [2.24, 2.45) is 5.92 Å². The van der Waals surface area contributed by atoms with Crippen LogP contribution in [0.1, 0.15) is 38.5 Å². The molecule has 1 aliphatic carbocycles. The molecule has 1 rings (SSSR count). The number of Topliss-reactive ketones (excluding diaryl/α,β-unsaturated/α-hetero) is 1. The molecule has 1 saturated carbocycles. The lowest BCUT2D eigenvalue weighted by Gasteiger charge is -2.09. The van der Waals surface area contributed by atoms with Gasteiger partial charge in [-0.15, -0.1) is 13.2 Å². The van der Waals surface area contributed by atoms with Gasteiger partial charge >= 0.3 is 6.36 Å². The van der Waals surface area contributed by atoms with Crippen LogP contribution in [0.25, 0.3) is 0 Å². The lowest BCUT2D eigenvalue weighted by atomic mass is 9.99. The molecule has 0 amide bonds. The maximum atomic E-state index is 11.6. The number of rotatable bonds is 5. The van der Waals surface area contributed by atoms with E-state index in [1.807, 2.05) is 0 Å². The maximum absolute atomic E-state index is 11.6. The Morgan fingerprint density at radius 3 is 2.40 bits per heavy atom. The van der Waals surface area contributed by atoms with E-state index in [9.17, 15) is 18.0 Å². The molecule has 1 fully saturated rings. The zero-order valence-electron chi connectivity index (χ0n) is 8.48. The van der Waals surface area contributed by atoms with E-state index in [1.165, 1.54) is 0 Å². The first-order chi connectivity index (χ1) is 6.99. The number of halogens is 3. The van der Waals surface area contributed by atoms with Crippen LogP contribution in [0.5, 0.6) is 0 Å². The fourth-order valence-electron chi connectivity index (χ4n) is 1.89. The number of hydrogen-bond donors (Lipinski definition) is 0. The van der Waals surface area contributed by atoms with Crippen LogP contribution in [0.15, 0.2) is 0 Å². The van der Waals surface area contributed by atoms with Gasteiger partial charge in [0.25, 0.3) is 0 Å². The predicted molar refractivity (Wildman–Crippen MR) is 48.2 cm³/mol. The summed E-state index contributed by atoms with van der Waals surface area (Å²) in [7, 11) is 0.